The lowest BCUT2D eigenvalue weighted by Crippen LogP contribution is -2.22. The summed E-state index contributed by atoms with van der Waals surface area (Å²) < 4.78 is 1.60. The number of thiophene rings is 2. The van der Waals surface area contributed by atoms with Gasteiger partial charge in [0.15, 0.2) is 5.16 Å². The second kappa shape index (κ2) is 7.06. The number of H-pyrrole nitrogens is 1. The molecule has 4 aromatic heterocycles. The summed E-state index contributed by atoms with van der Waals surface area (Å²) in [6, 6.07) is 1.79. The van der Waals surface area contributed by atoms with Crippen LogP contribution < -0.4 is 11.1 Å². The zero-order valence-corrected chi connectivity index (χ0v) is 17.2. The Morgan fingerprint density at radius 2 is 2.11 bits per heavy atom. The Kier molecular flexibility index (Phi) is 4.75. The molecule has 138 valence electrons. The van der Waals surface area contributed by atoms with Crippen LogP contribution in [0.25, 0.3) is 20.4 Å². The molecular weight excluding hydrogens is 400 g/mol. The van der Waals surface area contributed by atoms with Crippen molar-refractivity contribution in [1.29, 1.82) is 0 Å². The maximum absolute atomic E-state index is 12.7. The van der Waals surface area contributed by atoms with Crippen LogP contribution in [0.15, 0.2) is 38.8 Å². The zero-order chi connectivity index (χ0) is 19.1. The van der Waals surface area contributed by atoms with Crippen molar-refractivity contribution >= 4 is 54.9 Å². The van der Waals surface area contributed by atoms with Gasteiger partial charge in [0.25, 0.3) is 11.1 Å². The number of nitrogens with zero attached hydrogens (tertiary/aromatic N) is 3. The van der Waals surface area contributed by atoms with E-state index < -0.39 is 0 Å². The Morgan fingerprint density at radius 1 is 1.30 bits per heavy atom. The summed E-state index contributed by atoms with van der Waals surface area (Å²) >= 11 is 4.34. The highest BCUT2D eigenvalue weighted by molar-refractivity contribution is 7.98. The standard InChI is InChI=1S/C18H16N4O2S3/c1-4-6-22-17(24)11-5-7-25-15(11)21-18(22)26-8-12-19-14(23)13-9(2)10(3)27-16(13)20-12/h4-5,7H,1,6,8H2,2-3H3,(H,19,20,23). The van der Waals surface area contributed by atoms with Gasteiger partial charge in [-0.1, -0.05) is 17.8 Å². The van der Waals surface area contributed by atoms with Gasteiger partial charge in [0, 0.05) is 11.4 Å². The second-order valence-corrected chi connectivity index (χ2v) is 9.04. The van der Waals surface area contributed by atoms with Gasteiger partial charge in [0.05, 0.1) is 16.5 Å². The van der Waals surface area contributed by atoms with Gasteiger partial charge < -0.3 is 4.98 Å². The second-order valence-electron chi connectivity index (χ2n) is 6.00. The molecule has 0 atom stereocenters. The molecule has 0 aromatic carbocycles. The first-order valence-corrected chi connectivity index (χ1v) is 10.9. The summed E-state index contributed by atoms with van der Waals surface area (Å²) in [6.45, 7) is 8.04. The Hall–Kier alpha value is -2.23. The average molecular weight is 417 g/mol. The largest absolute Gasteiger partial charge is 0.309 e. The van der Waals surface area contributed by atoms with Crippen LogP contribution in [0.2, 0.25) is 0 Å². The van der Waals surface area contributed by atoms with E-state index in [0.717, 1.165) is 15.3 Å². The minimum absolute atomic E-state index is 0.0786. The number of allylic oxidation sites excluding steroid dienone is 1. The number of fused-ring (bicyclic) bond motifs is 2. The van der Waals surface area contributed by atoms with Crippen molar-refractivity contribution < 1.29 is 0 Å². The third-order valence-electron chi connectivity index (χ3n) is 4.29. The van der Waals surface area contributed by atoms with Gasteiger partial charge in [-0.3, -0.25) is 14.2 Å². The Labute approximate surface area is 166 Å². The van der Waals surface area contributed by atoms with Gasteiger partial charge in [0.2, 0.25) is 0 Å². The van der Waals surface area contributed by atoms with Crippen molar-refractivity contribution in [2.24, 2.45) is 0 Å². The highest BCUT2D eigenvalue weighted by atomic mass is 32.2. The van der Waals surface area contributed by atoms with Gasteiger partial charge in [-0.2, -0.15) is 0 Å². The SMILES string of the molecule is C=CCn1c(SCc2nc3sc(C)c(C)c3c(=O)[nH]2)nc2sccc2c1=O. The predicted molar refractivity (Wildman–Crippen MR) is 113 cm³/mol. The lowest BCUT2D eigenvalue weighted by molar-refractivity contribution is 0.672. The van der Waals surface area contributed by atoms with E-state index in [9.17, 15) is 9.59 Å². The number of aromatic nitrogens is 4. The zero-order valence-electron chi connectivity index (χ0n) is 14.7. The van der Waals surface area contributed by atoms with E-state index in [2.05, 4.69) is 21.5 Å². The summed E-state index contributed by atoms with van der Waals surface area (Å²) in [6.07, 6.45) is 1.68. The molecule has 4 heterocycles. The van der Waals surface area contributed by atoms with Crippen molar-refractivity contribution in [2.45, 2.75) is 31.3 Å². The first-order valence-electron chi connectivity index (χ1n) is 8.20. The molecule has 0 aliphatic heterocycles. The summed E-state index contributed by atoms with van der Waals surface area (Å²) in [4.78, 5) is 39.7. The summed E-state index contributed by atoms with van der Waals surface area (Å²) in [5.74, 6) is 0.992. The molecule has 0 aliphatic carbocycles. The van der Waals surface area contributed by atoms with Gasteiger partial charge in [-0.25, -0.2) is 9.97 Å². The van der Waals surface area contributed by atoms with Gasteiger partial charge in [-0.15, -0.1) is 29.3 Å². The minimum Gasteiger partial charge on any atom is -0.309 e. The van der Waals surface area contributed by atoms with Crippen LogP contribution in [0.3, 0.4) is 0 Å². The summed E-state index contributed by atoms with van der Waals surface area (Å²) in [5, 5.41) is 3.73. The monoisotopic (exact) mass is 416 g/mol. The van der Waals surface area contributed by atoms with E-state index in [1.54, 1.807) is 16.7 Å². The molecule has 0 amide bonds. The van der Waals surface area contributed by atoms with Gasteiger partial charge in [-0.05, 0) is 30.9 Å². The molecule has 1 N–H and O–H groups in total. The molecule has 4 aromatic rings. The average Bonchev–Trinajstić information content (AvgIpc) is 3.21. The Balaban J connectivity index is 1.72. The van der Waals surface area contributed by atoms with Crippen LogP contribution in [-0.4, -0.2) is 19.5 Å². The number of aromatic amines is 1. The molecule has 4 rings (SSSR count). The van der Waals surface area contributed by atoms with E-state index in [0.29, 0.717) is 38.9 Å². The molecule has 9 heteroatoms. The smallest absolute Gasteiger partial charge is 0.263 e. The number of thioether (sulfide) groups is 1. The van der Waals surface area contributed by atoms with Crippen molar-refractivity contribution in [3.05, 3.63) is 61.1 Å². The van der Waals surface area contributed by atoms with Crippen molar-refractivity contribution in [2.75, 3.05) is 0 Å². The fourth-order valence-electron chi connectivity index (χ4n) is 2.83. The Morgan fingerprint density at radius 3 is 2.89 bits per heavy atom. The molecule has 0 aliphatic rings. The van der Waals surface area contributed by atoms with E-state index in [1.807, 2.05) is 19.2 Å². The molecular formula is C18H16N4O2S3. The van der Waals surface area contributed by atoms with E-state index >= 15 is 0 Å². The normalized spacial score (nSPS) is 11.5. The van der Waals surface area contributed by atoms with Crippen LogP contribution in [0.1, 0.15) is 16.3 Å². The van der Waals surface area contributed by atoms with Gasteiger partial charge in [0.1, 0.15) is 15.5 Å². The number of aryl methyl sites for hydroxylation is 2. The lowest BCUT2D eigenvalue weighted by Gasteiger charge is -2.09. The third kappa shape index (κ3) is 3.15. The molecule has 0 unspecified atom stereocenters. The van der Waals surface area contributed by atoms with E-state index in [1.165, 1.54) is 34.4 Å². The molecule has 27 heavy (non-hydrogen) atoms. The lowest BCUT2D eigenvalue weighted by atomic mass is 10.2. The van der Waals surface area contributed by atoms with Crippen molar-refractivity contribution in [1.82, 2.24) is 19.5 Å². The van der Waals surface area contributed by atoms with Gasteiger partial charge >= 0.3 is 0 Å². The first-order chi connectivity index (χ1) is 13.0. The molecule has 0 saturated heterocycles. The highest BCUT2D eigenvalue weighted by Crippen LogP contribution is 2.27. The molecule has 0 spiro atoms. The number of nitrogens with one attached hydrogen (secondary N) is 1. The maximum atomic E-state index is 12.7. The number of rotatable bonds is 5. The van der Waals surface area contributed by atoms with E-state index in [4.69, 9.17) is 0 Å². The maximum Gasteiger partial charge on any atom is 0.263 e. The van der Waals surface area contributed by atoms with Crippen LogP contribution in [0.4, 0.5) is 0 Å². The van der Waals surface area contributed by atoms with E-state index in [-0.39, 0.29) is 11.1 Å². The Bertz CT molecular complexity index is 1300. The fourth-order valence-corrected chi connectivity index (χ4v) is 5.56. The summed E-state index contributed by atoms with van der Waals surface area (Å²) in [5.41, 5.74) is 0.778. The summed E-state index contributed by atoms with van der Waals surface area (Å²) in [7, 11) is 0. The van der Waals surface area contributed by atoms with Crippen LogP contribution in [-0.2, 0) is 12.3 Å². The topological polar surface area (TPSA) is 80.6 Å². The van der Waals surface area contributed by atoms with Crippen molar-refractivity contribution in [3.63, 3.8) is 0 Å². The number of hydrogen-bond acceptors (Lipinski definition) is 7. The van der Waals surface area contributed by atoms with Crippen LogP contribution in [0.5, 0.6) is 0 Å². The highest BCUT2D eigenvalue weighted by Gasteiger charge is 2.15. The fraction of sp³-hybridized carbons (Fsp3) is 0.222. The van der Waals surface area contributed by atoms with Crippen LogP contribution in [0, 0.1) is 13.8 Å². The molecule has 6 nitrogen and oxygen atoms in total. The first kappa shape index (κ1) is 18.1. The minimum atomic E-state index is -0.123. The predicted octanol–water partition coefficient (Wildman–Crippen LogP) is 3.85. The third-order valence-corrected chi connectivity index (χ3v) is 7.18. The molecule has 0 saturated carbocycles. The van der Waals surface area contributed by atoms with Crippen LogP contribution >= 0.6 is 34.4 Å². The molecule has 0 bridgehead atoms. The molecule has 0 radical (unpaired) electrons. The molecule has 0 fully saturated rings. The quantitative estimate of drug-likeness (QED) is 0.304. The van der Waals surface area contributed by atoms with Crippen molar-refractivity contribution in [3.8, 4) is 0 Å². The number of hydrogen-bond donors (Lipinski definition) is 1.